The van der Waals surface area contributed by atoms with Crippen LogP contribution >= 0.6 is 0 Å². The van der Waals surface area contributed by atoms with Crippen LogP contribution in [0.1, 0.15) is 45.6 Å². The summed E-state index contributed by atoms with van der Waals surface area (Å²) < 4.78 is 5.29. The van der Waals surface area contributed by atoms with Crippen molar-refractivity contribution in [2.75, 3.05) is 26.7 Å². The summed E-state index contributed by atoms with van der Waals surface area (Å²) in [6.45, 7) is 8.51. The van der Waals surface area contributed by atoms with E-state index in [4.69, 9.17) is 4.74 Å². The van der Waals surface area contributed by atoms with Crippen molar-refractivity contribution in [3.63, 3.8) is 0 Å². The number of ether oxygens (including phenoxy) is 1. The van der Waals surface area contributed by atoms with E-state index in [1.165, 1.54) is 5.56 Å². The zero-order chi connectivity index (χ0) is 20.3. The summed E-state index contributed by atoms with van der Waals surface area (Å²) in [6.07, 6.45) is 3.35. The smallest absolute Gasteiger partial charge is 0.226 e. The second kappa shape index (κ2) is 8.97. The Kier molecular flexibility index (Phi) is 6.63. The highest BCUT2D eigenvalue weighted by Gasteiger charge is 2.53. The Labute approximate surface area is 169 Å². The zero-order valence-corrected chi connectivity index (χ0v) is 17.7. The Morgan fingerprint density at radius 2 is 2.04 bits per heavy atom. The van der Waals surface area contributed by atoms with Crippen LogP contribution in [0, 0.1) is 17.8 Å². The maximum absolute atomic E-state index is 13.0. The number of hydrogen-bond acceptors (Lipinski definition) is 3. The van der Waals surface area contributed by atoms with E-state index in [0.29, 0.717) is 12.3 Å². The van der Waals surface area contributed by atoms with Crippen molar-refractivity contribution in [1.82, 2.24) is 9.80 Å². The molecule has 5 nitrogen and oxygen atoms in total. The minimum atomic E-state index is -0.00256. The van der Waals surface area contributed by atoms with Crippen LogP contribution in [0.15, 0.2) is 24.3 Å². The van der Waals surface area contributed by atoms with E-state index in [-0.39, 0.29) is 29.7 Å². The lowest BCUT2D eigenvalue weighted by molar-refractivity contribution is -0.137. The number of carbonyl (C=O) groups excluding carboxylic acids is 2. The maximum atomic E-state index is 13.0. The van der Waals surface area contributed by atoms with Gasteiger partial charge in [-0.3, -0.25) is 9.59 Å². The van der Waals surface area contributed by atoms with E-state index in [9.17, 15) is 9.59 Å². The molecule has 3 unspecified atom stereocenters. The summed E-state index contributed by atoms with van der Waals surface area (Å²) >= 11 is 0. The Hall–Kier alpha value is -2.04. The summed E-state index contributed by atoms with van der Waals surface area (Å²) in [5.74, 6) is 1.87. The number of rotatable bonds is 8. The summed E-state index contributed by atoms with van der Waals surface area (Å²) in [6, 6.07) is 8.36. The molecule has 2 fully saturated rings. The highest BCUT2D eigenvalue weighted by Crippen LogP contribution is 2.46. The second-order valence-corrected chi connectivity index (χ2v) is 8.23. The Balaban J connectivity index is 1.62. The van der Waals surface area contributed by atoms with Gasteiger partial charge in [-0.1, -0.05) is 19.1 Å². The van der Waals surface area contributed by atoms with Gasteiger partial charge in [0.1, 0.15) is 5.75 Å². The molecule has 1 aromatic carbocycles. The Bertz CT molecular complexity index is 701. The van der Waals surface area contributed by atoms with Crippen molar-refractivity contribution in [3.05, 3.63) is 29.8 Å². The number of methoxy groups -OCH3 is 1. The van der Waals surface area contributed by atoms with Crippen molar-refractivity contribution < 1.29 is 14.3 Å². The van der Waals surface area contributed by atoms with Gasteiger partial charge in [-0.15, -0.1) is 0 Å². The van der Waals surface area contributed by atoms with Crippen molar-refractivity contribution in [3.8, 4) is 5.75 Å². The number of hydrogen-bond donors (Lipinski definition) is 0. The summed E-state index contributed by atoms with van der Waals surface area (Å²) in [5.41, 5.74) is 1.23. The van der Waals surface area contributed by atoms with Gasteiger partial charge in [0.15, 0.2) is 0 Å². The Morgan fingerprint density at radius 3 is 2.71 bits per heavy atom. The van der Waals surface area contributed by atoms with Gasteiger partial charge < -0.3 is 14.5 Å². The minimum absolute atomic E-state index is 0.00256. The molecule has 154 valence electrons. The van der Waals surface area contributed by atoms with E-state index in [1.807, 2.05) is 30.9 Å². The quantitative estimate of drug-likeness (QED) is 0.688. The molecule has 0 radical (unpaired) electrons. The standard InChI is InChI=1S/C23H34N2O3/c1-5-24(6-2)23(27)22-16(3)13-20-19(22)15-21(26)25(20)12-8-10-17-9-7-11-18(14-17)28-4/h7,9,11,14,16,19-20,22H,5-6,8,10,12-13,15H2,1-4H3/t16?,19?,20?,22-/m1/s1. The van der Waals surface area contributed by atoms with Gasteiger partial charge in [-0.25, -0.2) is 0 Å². The lowest BCUT2D eigenvalue weighted by atomic mass is 9.87. The molecule has 1 aliphatic carbocycles. The fourth-order valence-corrected chi connectivity index (χ4v) is 5.23. The van der Waals surface area contributed by atoms with Gasteiger partial charge in [-0.05, 0) is 62.6 Å². The normalized spacial score (nSPS) is 26.4. The molecule has 28 heavy (non-hydrogen) atoms. The molecule has 3 rings (SSSR count). The predicted molar refractivity (Wildman–Crippen MR) is 110 cm³/mol. The molecule has 1 aliphatic heterocycles. The van der Waals surface area contributed by atoms with Crippen LogP contribution in [0.3, 0.4) is 0 Å². The number of carbonyl (C=O) groups is 2. The average Bonchev–Trinajstić information content (AvgIpc) is 3.16. The zero-order valence-electron chi connectivity index (χ0n) is 17.7. The first-order valence-electron chi connectivity index (χ1n) is 10.7. The molecular weight excluding hydrogens is 352 g/mol. The monoisotopic (exact) mass is 386 g/mol. The molecule has 0 spiro atoms. The third-order valence-electron chi connectivity index (χ3n) is 6.67. The molecule has 0 bridgehead atoms. The average molecular weight is 387 g/mol. The van der Waals surface area contributed by atoms with Crippen molar-refractivity contribution in [2.24, 2.45) is 17.8 Å². The fraction of sp³-hybridized carbons (Fsp3) is 0.652. The number of benzene rings is 1. The van der Waals surface area contributed by atoms with Gasteiger partial charge in [0.2, 0.25) is 11.8 Å². The molecular formula is C23H34N2O3. The molecule has 2 amide bonds. The number of amides is 2. The van der Waals surface area contributed by atoms with Crippen LogP contribution in [0.2, 0.25) is 0 Å². The summed E-state index contributed by atoms with van der Waals surface area (Å²) in [4.78, 5) is 29.7. The first-order valence-corrected chi connectivity index (χ1v) is 10.7. The number of fused-ring (bicyclic) bond motifs is 1. The lowest BCUT2D eigenvalue weighted by Crippen LogP contribution is -2.40. The van der Waals surface area contributed by atoms with Gasteiger partial charge in [0.05, 0.1) is 7.11 Å². The topological polar surface area (TPSA) is 49.9 Å². The highest BCUT2D eigenvalue weighted by atomic mass is 16.5. The van der Waals surface area contributed by atoms with Crippen LogP contribution in [0.25, 0.3) is 0 Å². The van der Waals surface area contributed by atoms with E-state index in [2.05, 4.69) is 24.0 Å². The molecule has 0 N–H and O–H groups in total. The lowest BCUT2D eigenvalue weighted by Gasteiger charge is -2.27. The van der Waals surface area contributed by atoms with Crippen LogP contribution in [0.4, 0.5) is 0 Å². The highest BCUT2D eigenvalue weighted by molar-refractivity contribution is 5.84. The third kappa shape index (κ3) is 4.03. The van der Waals surface area contributed by atoms with Crippen molar-refractivity contribution in [1.29, 1.82) is 0 Å². The number of nitrogens with zero attached hydrogens (tertiary/aromatic N) is 2. The van der Waals surface area contributed by atoms with Crippen molar-refractivity contribution >= 4 is 11.8 Å². The molecule has 2 aliphatic rings. The largest absolute Gasteiger partial charge is 0.497 e. The molecule has 0 aromatic heterocycles. The summed E-state index contributed by atoms with van der Waals surface area (Å²) in [5, 5.41) is 0. The molecule has 4 atom stereocenters. The second-order valence-electron chi connectivity index (χ2n) is 8.23. The minimum Gasteiger partial charge on any atom is -0.497 e. The van der Waals surface area contributed by atoms with Crippen LogP contribution in [-0.2, 0) is 16.0 Å². The van der Waals surface area contributed by atoms with Gasteiger partial charge in [-0.2, -0.15) is 0 Å². The predicted octanol–water partition coefficient (Wildman–Crippen LogP) is 3.37. The first kappa shape index (κ1) is 20.7. The number of likely N-dealkylation sites (tertiary alicyclic amines) is 1. The van der Waals surface area contributed by atoms with Crippen LogP contribution in [0.5, 0.6) is 5.75 Å². The van der Waals surface area contributed by atoms with Crippen LogP contribution in [-0.4, -0.2) is 54.4 Å². The van der Waals surface area contributed by atoms with E-state index in [0.717, 1.165) is 44.6 Å². The van der Waals surface area contributed by atoms with E-state index in [1.54, 1.807) is 7.11 Å². The third-order valence-corrected chi connectivity index (χ3v) is 6.67. The van der Waals surface area contributed by atoms with E-state index < -0.39 is 0 Å². The molecule has 1 aromatic rings. The maximum Gasteiger partial charge on any atom is 0.226 e. The Morgan fingerprint density at radius 1 is 1.29 bits per heavy atom. The molecule has 5 heteroatoms. The molecule has 1 saturated heterocycles. The number of aryl methyl sites for hydroxylation is 1. The SMILES string of the molecule is CCN(CC)C(=O)[C@@H]1C(C)CC2C1CC(=O)N2CCCc1cccc(OC)c1. The van der Waals surface area contributed by atoms with Crippen LogP contribution < -0.4 is 4.74 Å². The molecule has 1 heterocycles. The van der Waals surface area contributed by atoms with Crippen molar-refractivity contribution in [2.45, 2.75) is 52.5 Å². The first-order chi connectivity index (χ1) is 13.5. The van der Waals surface area contributed by atoms with E-state index >= 15 is 0 Å². The summed E-state index contributed by atoms with van der Waals surface area (Å²) in [7, 11) is 1.68. The molecule has 1 saturated carbocycles. The van der Waals surface area contributed by atoms with Gasteiger partial charge >= 0.3 is 0 Å². The fourth-order valence-electron chi connectivity index (χ4n) is 5.23. The van der Waals surface area contributed by atoms with Gasteiger partial charge in [0.25, 0.3) is 0 Å². The van der Waals surface area contributed by atoms with Gasteiger partial charge in [0, 0.05) is 38.0 Å².